The van der Waals surface area contributed by atoms with Crippen LogP contribution in [0.4, 0.5) is 13.2 Å². The lowest BCUT2D eigenvalue weighted by Crippen LogP contribution is -2.44. The van der Waals surface area contributed by atoms with Crippen molar-refractivity contribution in [2.75, 3.05) is 0 Å². The van der Waals surface area contributed by atoms with Crippen LogP contribution in [0, 0.1) is 5.92 Å². The van der Waals surface area contributed by atoms with E-state index in [0.29, 0.717) is 5.56 Å². The van der Waals surface area contributed by atoms with Crippen LogP contribution in [0.25, 0.3) is 0 Å². The molecule has 0 aliphatic heterocycles. The molecule has 0 amide bonds. The molecule has 0 saturated heterocycles. The number of nitrogens with two attached hydrogens (primary N) is 1. The van der Waals surface area contributed by atoms with E-state index in [2.05, 4.69) is 0 Å². The summed E-state index contributed by atoms with van der Waals surface area (Å²) < 4.78 is 37.9. The van der Waals surface area contributed by atoms with Crippen LogP contribution in [0.1, 0.15) is 25.3 Å². The summed E-state index contributed by atoms with van der Waals surface area (Å²) in [6.45, 7) is 3.51. The number of benzene rings is 1. The third kappa shape index (κ3) is 2.98. The zero-order valence-corrected chi connectivity index (χ0v) is 9.33. The topological polar surface area (TPSA) is 26.0 Å². The minimum absolute atomic E-state index is 0.154. The molecule has 2 unspecified atom stereocenters. The number of hydrogen-bond acceptors (Lipinski definition) is 1. The van der Waals surface area contributed by atoms with Crippen LogP contribution in [-0.2, 0) is 0 Å². The van der Waals surface area contributed by atoms with Crippen molar-refractivity contribution >= 4 is 0 Å². The first-order valence-corrected chi connectivity index (χ1v) is 5.21. The quantitative estimate of drug-likeness (QED) is 0.848. The Balaban J connectivity index is 3.02. The van der Waals surface area contributed by atoms with Gasteiger partial charge in [-0.3, -0.25) is 0 Å². The molecule has 1 nitrogen and oxygen atoms in total. The average molecular weight is 231 g/mol. The summed E-state index contributed by atoms with van der Waals surface area (Å²) >= 11 is 0. The molecule has 4 heteroatoms. The first-order valence-electron chi connectivity index (χ1n) is 5.21. The highest BCUT2D eigenvalue weighted by Crippen LogP contribution is 2.35. The average Bonchev–Trinajstić information content (AvgIpc) is 2.17. The third-order valence-corrected chi connectivity index (χ3v) is 2.67. The molecule has 1 aromatic rings. The molecule has 1 aromatic carbocycles. The van der Waals surface area contributed by atoms with Gasteiger partial charge in [-0.1, -0.05) is 44.2 Å². The van der Waals surface area contributed by atoms with Gasteiger partial charge >= 0.3 is 6.18 Å². The van der Waals surface area contributed by atoms with E-state index < -0.39 is 18.1 Å². The molecule has 0 aliphatic carbocycles. The van der Waals surface area contributed by atoms with Gasteiger partial charge in [0.25, 0.3) is 0 Å². The molecule has 2 N–H and O–H groups in total. The van der Waals surface area contributed by atoms with E-state index in [1.807, 2.05) is 0 Å². The predicted octanol–water partition coefficient (Wildman–Crippen LogP) is 3.32. The van der Waals surface area contributed by atoms with Crippen molar-refractivity contribution in [1.82, 2.24) is 0 Å². The van der Waals surface area contributed by atoms with Gasteiger partial charge in [0.15, 0.2) is 0 Å². The maximum atomic E-state index is 12.6. The highest BCUT2D eigenvalue weighted by molar-refractivity contribution is 5.22. The summed E-state index contributed by atoms with van der Waals surface area (Å²) in [6, 6.07) is 6.81. The fourth-order valence-corrected chi connectivity index (χ4v) is 1.89. The summed E-state index contributed by atoms with van der Waals surface area (Å²) in [5.41, 5.74) is 5.94. The lowest BCUT2D eigenvalue weighted by molar-refractivity contribution is -0.155. The Kier molecular flexibility index (Phi) is 3.97. The van der Waals surface area contributed by atoms with E-state index in [1.165, 1.54) is 0 Å². The zero-order valence-electron chi connectivity index (χ0n) is 9.33. The van der Waals surface area contributed by atoms with E-state index in [9.17, 15) is 13.2 Å². The predicted molar refractivity (Wildman–Crippen MR) is 58.1 cm³/mol. The largest absolute Gasteiger partial charge is 0.404 e. The van der Waals surface area contributed by atoms with Gasteiger partial charge in [-0.25, -0.2) is 0 Å². The van der Waals surface area contributed by atoms with Crippen molar-refractivity contribution in [2.45, 2.75) is 32.0 Å². The molecular weight excluding hydrogens is 215 g/mol. The van der Waals surface area contributed by atoms with E-state index in [1.54, 1.807) is 44.2 Å². The van der Waals surface area contributed by atoms with E-state index in [4.69, 9.17) is 5.73 Å². The Morgan fingerprint density at radius 1 is 1.06 bits per heavy atom. The van der Waals surface area contributed by atoms with Crippen LogP contribution < -0.4 is 5.73 Å². The molecular formula is C12H16F3N. The van der Waals surface area contributed by atoms with Gasteiger partial charge in [-0.15, -0.1) is 0 Å². The smallest absolute Gasteiger partial charge is 0.320 e. The lowest BCUT2D eigenvalue weighted by atomic mass is 9.82. The number of hydrogen-bond donors (Lipinski definition) is 1. The van der Waals surface area contributed by atoms with Crippen molar-refractivity contribution < 1.29 is 13.2 Å². The lowest BCUT2D eigenvalue weighted by Gasteiger charge is -2.29. The van der Waals surface area contributed by atoms with Crippen LogP contribution in [0.2, 0.25) is 0 Å². The maximum absolute atomic E-state index is 12.6. The fourth-order valence-electron chi connectivity index (χ4n) is 1.89. The van der Waals surface area contributed by atoms with Crippen LogP contribution >= 0.6 is 0 Å². The highest BCUT2D eigenvalue weighted by Gasteiger charge is 2.43. The zero-order chi connectivity index (χ0) is 12.3. The molecule has 1 rings (SSSR count). The molecule has 2 atom stereocenters. The van der Waals surface area contributed by atoms with Crippen molar-refractivity contribution in [2.24, 2.45) is 11.7 Å². The summed E-state index contributed by atoms with van der Waals surface area (Å²) in [6.07, 6.45) is -4.36. The van der Waals surface area contributed by atoms with Crippen LogP contribution in [0.15, 0.2) is 30.3 Å². The molecule has 0 saturated carbocycles. The summed E-state index contributed by atoms with van der Waals surface area (Å²) in [4.78, 5) is 0. The Labute approximate surface area is 93.5 Å². The molecule has 0 spiro atoms. The molecule has 0 aliphatic rings. The van der Waals surface area contributed by atoms with Gasteiger partial charge in [0.2, 0.25) is 0 Å². The van der Waals surface area contributed by atoms with E-state index in [-0.39, 0.29) is 5.92 Å². The second-order valence-electron chi connectivity index (χ2n) is 4.25. The molecule has 90 valence electrons. The monoisotopic (exact) mass is 231 g/mol. The number of alkyl halides is 3. The number of rotatable bonds is 3. The second kappa shape index (κ2) is 4.87. The van der Waals surface area contributed by atoms with Crippen molar-refractivity contribution in [1.29, 1.82) is 0 Å². The van der Waals surface area contributed by atoms with Gasteiger partial charge in [0.1, 0.15) is 6.04 Å². The van der Waals surface area contributed by atoms with Gasteiger partial charge < -0.3 is 5.73 Å². The molecule has 0 radical (unpaired) electrons. The van der Waals surface area contributed by atoms with Crippen LogP contribution in [0.3, 0.4) is 0 Å². The van der Waals surface area contributed by atoms with E-state index in [0.717, 1.165) is 0 Å². The summed E-state index contributed by atoms with van der Waals surface area (Å²) in [5.74, 6) is -0.847. The van der Waals surface area contributed by atoms with E-state index >= 15 is 0 Å². The highest BCUT2D eigenvalue weighted by atomic mass is 19.4. The van der Waals surface area contributed by atoms with Crippen molar-refractivity contribution in [3.8, 4) is 0 Å². The Morgan fingerprint density at radius 2 is 1.56 bits per heavy atom. The van der Waals surface area contributed by atoms with Gasteiger partial charge in [0.05, 0.1) is 0 Å². The molecule has 0 fully saturated rings. The Bertz CT molecular complexity index is 319. The minimum atomic E-state index is -4.36. The molecule has 0 bridgehead atoms. The van der Waals surface area contributed by atoms with Crippen LogP contribution in [-0.4, -0.2) is 12.2 Å². The standard InChI is InChI=1S/C12H16F3N/c1-8(2)10(11(16)12(13,14)15)9-6-4-3-5-7-9/h3-8,10-11H,16H2,1-2H3. The Morgan fingerprint density at radius 3 is 1.94 bits per heavy atom. The first-order chi connectivity index (χ1) is 7.34. The number of halogens is 3. The summed E-state index contributed by atoms with van der Waals surface area (Å²) in [5, 5.41) is 0. The van der Waals surface area contributed by atoms with Gasteiger partial charge in [-0.2, -0.15) is 13.2 Å². The fraction of sp³-hybridized carbons (Fsp3) is 0.500. The normalized spacial score (nSPS) is 16.2. The molecule has 16 heavy (non-hydrogen) atoms. The summed E-state index contributed by atoms with van der Waals surface area (Å²) in [7, 11) is 0. The molecule has 0 aromatic heterocycles. The molecule has 0 heterocycles. The second-order valence-corrected chi connectivity index (χ2v) is 4.25. The van der Waals surface area contributed by atoms with Gasteiger partial charge in [0, 0.05) is 5.92 Å². The Hall–Kier alpha value is -1.03. The van der Waals surface area contributed by atoms with Crippen molar-refractivity contribution in [3.63, 3.8) is 0 Å². The van der Waals surface area contributed by atoms with Gasteiger partial charge in [-0.05, 0) is 11.5 Å². The minimum Gasteiger partial charge on any atom is -0.320 e. The van der Waals surface area contributed by atoms with Crippen LogP contribution in [0.5, 0.6) is 0 Å². The maximum Gasteiger partial charge on any atom is 0.404 e. The van der Waals surface area contributed by atoms with Crippen molar-refractivity contribution in [3.05, 3.63) is 35.9 Å². The first kappa shape index (κ1) is 13.0. The SMILES string of the molecule is CC(C)C(c1ccccc1)C(N)C(F)(F)F. The third-order valence-electron chi connectivity index (χ3n) is 2.67.